The van der Waals surface area contributed by atoms with E-state index in [9.17, 15) is 4.79 Å². The summed E-state index contributed by atoms with van der Waals surface area (Å²) in [5, 5.41) is 1.04. The van der Waals surface area contributed by atoms with Crippen LogP contribution in [0.3, 0.4) is 0 Å². The topological polar surface area (TPSA) is 35.5 Å². The van der Waals surface area contributed by atoms with E-state index in [1.54, 1.807) is 42.5 Å². The van der Waals surface area contributed by atoms with Crippen molar-refractivity contribution in [2.75, 3.05) is 6.61 Å². The second-order valence-corrected chi connectivity index (χ2v) is 4.95. The molecule has 0 saturated carbocycles. The summed E-state index contributed by atoms with van der Waals surface area (Å²) in [6.07, 6.45) is 0. The third kappa shape index (κ3) is 3.89. The summed E-state index contributed by atoms with van der Waals surface area (Å²) < 4.78 is 10.5. The Morgan fingerprint density at radius 1 is 1.10 bits per heavy atom. The zero-order valence-corrected chi connectivity index (χ0v) is 12.2. The average molecular weight is 311 g/mol. The number of benzene rings is 2. The Morgan fingerprint density at radius 3 is 2.55 bits per heavy atom. The zero-order valence-electron chi connectivity index (χ0n) is 10.7. The minimum Gasteiger partial charge on any atom is -0.480 e. The van der Waals surface area contributed by atoms with E-state index in [4.69, 9.17) is 32.7 Å². The molecule has 0 saturated heterocycles. The van der Waals surface area contributed by atoms with Gasteiger partial charge in [-0.05, 0) is 42.8 Å². The molecule has 0 N–H and O–H groups in total. The first kappa shape index (κ1) is 14.7. The molecule has 0 aromatic heterocycles. The Balaban J connectivity index is 1.94. The third-order valence-electron chi connectivity index (χ3n) is 2.54. The van der Waals surface area contributed by atoms with Gasteiger partial charge in [0.1, 0.15) is 11.5 Å². The highest BCUT2D eigenvalue weighted by Crippen LogP contribution is 2.24. The molecule has 0 atom stereocenters. The zero-order chi connectivity index (χ0) is 14.5. The van der Waals surface area contributed by atoms with E-state index in [1.807, 2.05) is 6.92 Å². The minimum absolute atomic E-state index is 0.216. The van der Waals surface area contributed by atoms with Gasteiger partial charge in [-0.15, -0.1) is 0 Å². The molecule has 0 radical (unpaired) electrons. The molecule has 0 aliphatic carbocycles. The molecule has 2 rings (SSSR count). The highest BCUT2D eigenvalue weighted by molar-refractivity contribution is 6.32. The molecule has 0 fully saturated rings. The number of para-hydroxylation sites is 1. The molecular formula is C15H12Cl2O3. The summed E-state index contributed by atoms with van der Waals surface area (Å²) in [5.74, 6) is 0.399. The van der Waals surface area contributed by atoms with Crippen LogP contribution in [-0.4, -0.2) is 12.6 Å². The van der Waals surface area contributed by atoms with E-state index in [1.165, 1.54) is 0 Å². The van der Waals surface area contributed by atoms with Gasteiger partial charge in [0.2, 0.25) is 0 Å². The van der Waals surface area contributed by atoms with Crippen LogP contribution in [0, 0.1) is 6.92 Å². The van der Waals surface area contributed by atoms with Crippen molar-refractivity contribution in [2.24, 2.45) is 0 Å². The predicted molar refractivity (Wildman–Crippen MR) is 78.8 cm³/mol. The molecule has 0 unspecified atom stereocenters. The summed E-state index contributed by atoms with van der Waals surface area (Å²) in [6, 6.07) is 11.9. The maximum Gasteiger partial charge on any atom is 0.349 e. The first-order chi connectivity index (χ1) is 9.56. The lowest BCUT2D eigenvalue weighted by Gasteiger charge is -2.09. The highest BCUT2D eigenvalue weighted by atomic mass is 35.5. The van der Waals surface area contributed by atoms with Crippen molar-refractivity contribution in [2.45, 2.75) is 6.92 Å². The van der Waals surface area contributed by atoms with Crippen molar-refractivity contribution in [3.63, 3.8) is 0 Å². The van der Waals surface area contributed by atoms with Crippen LogP contribution in [0.1, 0.15) is 5.56 Å². The monoisotopic (exact) mass is 310 g/mol. The number of rotatable bonds is 4. The molecule has 20 heavy (non-hydrogen) atoms. The maximum atomic E-state index is 11.7. The van der Waals surface area contributed by atoms with E-state index < -0.39 is 5.97 Å². The van der Waals surface area contributed by atoms with E-state index in [0.717, 1.165) is 5.56 Å². The summed E-state index contributed by atoms with van der Waals surface area (Å²) >= 11 is 11.8. The smallest absolute Gasteiger partial charge is 0.349 e. The number of carbonyl (C=O) groups is 1. The van der Waals surface area contributed by atoms with Crippen LogP contribution in [0.15, 0.2) is 42.5 Å². The number of carbonyl (C=O) groups excluding carboxylic acids is 1. The van der Waals surface area contributed by atoms with E-state index in [0.29, 0.717) is 21.5 Å². The Bertz CT molecular complexity index is 626. The molecule has 0 aliphatic heterocycles. The highest BCUT2D eigenvalue weighted by Gasteiger charge is 2.09. The largest absolute Gasteiger partial charge is 0.480 e. The molecule has 2 aromatic carbocycles. The standard InChI is InChI=1S/C15H12Cl2O3/c1-10-8-11(16)6-7-13(10)20-15(18)9-19-14-5-3-2-4-12(14)17/h2-8H,9H2,1H3. The minimum atomic E-state index is -0.504. The fourth-order valence-electron chi connectivity index (χ4n) is 1.58. The summed E-state index contributed by atoms with van der Waals surface area (Å²) in [6.45, 7) is 1.59. The van der Waals surface area contributed by atoms with Crippen LogP contribution in [0.25, 0.3) is 0 Å². The van der Waals surface area contributed by atoms with Crippen molar-refractivity contribution in [1.82, 2.24) is 0 Å². The Labute approximate surface area is 127 Å². The number of hydrogen-bond donors (Lipinski definition) is 0. The van der Waals surface area contributed by atoms with Gasteiger partial charge in [-0.1, -0.05) is 35.3 Å². The van der Waals surface area contributed by atoms with E-state index in [-0.39, 0.29) is 6.61 Å². The molecule has 3 nitrogen and oxygen atoms in total. The molecule has 0 bridgehead atoms. The number of ether oxygens (including phenoxy) is 2. The molecule has 0 heterocycles. The quantitative estimate of drug-likeness (QED) is 0.624. The Morgan fingerprint density at radius 2 is 1.85 bits per heavy atom. The molecule has 5 heteroatoms. The van der Waals surface area contributed by atoms with Crippen LogP contribution in [0.5, 0.6) is 11.5 Å². The van der Waals surface area contributed by atoms with Gasteiger partial charge in [0.25, 0.3) is 0 Å². The van der Waals surface area contributed by atoms with Crippen LogP contribution in [0.2, 0.25) is 10.0 Å². The Hall–Kier alpha value is -1.71. The summed E-state index contributed by atoms with van der Waals surface area (Å²) in [4.78, 5) is 11.7. The average Bonchev–Trinajstić information content (AvgIpc) is 2.41. The van der Waals surface area contributed by atoms with Crippen LogP contribution in [-0.2, 0) is 4.79 Å². The second-order valence-electron chi connectivity index (χ2n) is 4.10. The molecule has 0 spiro atoms. The van der Waals surface area contributed by atoms with E-state index in [2.05, 4.69) is 0 Å². The molecule has 2 aromatic rings. The van der Waals surface area contributed by atoms with Gasteiger partial charge < -0.3 is 9.47 Å². The number of halogens is 2. The van der Waals surface area contributed by atoms with Crippen LogP contribution < -0.4 is 9.47 Å². The van der Waals surface area contributed by atoms with Gasteiger partial charge in [0, 0.05) is 5.02 Å². The fourth-order valence-corrected chi connectivity index (χ4v) is 1.99. The van der Waals surface area contributed by atoms with Gasteiger partial charge in [0.05, 0.1) is 5.02 Å². The van der Waals surface area contributed by atoms with Gasteiger partial charge in [-0.2, -0.15) is 0 Å². The van der Waals surface area contributed by atoms with Gasteiger partial charge in [-0.3, -0.25) is 0 Å². The van der Waals surface area contributed by atoms with Crippen molar-refractivity contribution in [3.05, 3.63) is 58.1 Å². The second kappa shape index (κ2) is 6.64. The molecule has 104 valence electrons. The van der Waals surface area contributed by atoms with Crippen LogP contribution in [0.4, 0.5) is 0 Å². The third-order valence-corrected chi connectivity index (χ3v) is 3.09. The lowest BCUT2D eigenvalue weighted by molar-refractivity contribution is -0.136. The summed E-state index contributed by atoms with van der Waals surface area (Å²) in [7, 11) is 0. The summed E-state index contributed by atoms with van der Waals surface area (Å²) in [5.41, 5.74) is 0.781. The lowest BCUT2D eigenvalue weighted by atomic mass is 10.2. The van der Waals surface area contributed by atoms with Gasteiger partial charge >= 0.3 is 5.97 Å². The lowest BCUT2D eigenvalue weighted by Crippen LogP contribution is -2.18. The number of esters is 1. The molecule has 0 aliphatic rings. The molecule has 0 amide bonds. The number of aryl methyl sites for hydroxylation is 1. The van der Waals surface area contributed by atoms with Crippen LogP contribution >= 0.6 is 23.2 Å². The van der Waals surface area contributed by atoms with Gasteiger partial charge in [0.15, 0.2) is 6.61 Å². The van der Waals surface area contributed by atoms with Crippen molar-refractivity contribution in [1.29, 1.82) is 0 Å². The normalized spacial score (nSPS) is 10.2. The SMILES string of the molecule is Cc1cc(Cl)ccc1OC(=O)COc1ccccc1Cl. The van der Waals surface area contributed by atoms with Crippen molar-refractivity contribution in [3.8, 4) is 11.5 Å². The van der Waals surface area contributed by atoms with Crippen molar-refractivity contribution < 1.29 is 14.3 Å². The molecular weight excluding hydrogens is 299 g/mol. The van der Waals surface area contributed by atoms with Gasteiger partial charge in [-0.25, -0.2) is 4.79 Å². The predicted octanol–water partition coefficient (Wildman–Crippen LogP) is 4.29. The van der Waals surface area contributed by atoms with E-state index >= 15 is 0 Å². The number of hydrogen-bond acceptors (Lipinski definition) is 3. The fraction of sp³-hybridized carbons (Fsp3) is 0.133. The van der Waals surface area contributed by atoms with Crippen molar-refractivity contribution >= 4 is 29.2 Å². The Kier molecular flexibility index (Phi) is 4.88. The maximum absolute atomic E-state index is 11.7. The first-order valence-corrected chi connectivity index (χ1v) is 6.66. The first-order valence-electron chi connectivity index (χ1n) is 5.90.